The van der Waals surface area contributed by atoms with Gasteiger partial charge in [0.15, 0.2) is 0 Å². The number of nitrogens with zero attached hydrogens (tertiary/aromatic N) is 1. The second-order valence-corrected chi connectivity index (χ2v) is 10.6. The molecule has 0 aliphatic carbocycles. The molecule has 7 nitrogen and oxygen atoms in total. The molecule has 0 fully saturated rings. The van der Waals surface area contributed by atoms with Crippen molar-refractivity contribution in [3.63, 3.8) is 0 Å². The zero-order valence-electron chi connectivity index (χ0n) is 20.7. The van der Waals surface area contributed by atoms with Crippen LogP contribution in [0.25, 0.3) is 0 Å². The molecule has 8 heteroatoms. The fourth-order valence-electron chi connectivity index (χ4n) is 4.61. The molecule has 1 aliphatic rings. The van der Waals surface area contributed by atoms with Gasteiger partial charge in [0.1, 0.15) is 23.1 Å². The molecule has 3 rings (SSSR count). The number of amides is 1. The van der Waals surface area contributed by atoms with E-state index in [1.807, 2.05) is 38.1 Å². The van der Waals surface area contributed by atoms with Crippen LogP contribution in [0.5, 0.6) is 11.5 Å². The number of carbonyl (C=O) groups is 1. The summed E-state index contributed by atoms with van der Waals surface area (Å²) >= 11 is 0. The molecule has 186 valence electrons. The van der Waals surface area contributed by atoms with Crippen molar-refractivity contribution < 1.29 is 22.7 Å². The molecule has 2 aromatic carbocycles. The maximum atomic E-state index is 13.6. The Labute approximate surface area is 203 Å². The van der Waals surface area contributed by atoms with E-state index >= 15 is 0 Å². The highest BCUT2D eigenvalue weighted by Crippen LogP contribution is 2.42. The average molecular weight is 489 g/mol. The van der Waals surface area contributed by atoms with Gasteiger partial charge in [-0.25, -0.2) is 8.42 Å². The predicted octanol–water partition coefficient (Wildman–Crippen LogP) is 4.83. The SMILES string of the molecule is CCOc1ccc(N([C@H](CC)C(=O)N[C@@H]2CC(CC)(CC)Oc3ccccc32)S(C)(=O)=O)cc1. The first-order chi connectivity index (χ1) is 16.2. The first-order valence-electron chi connectivity index (χ1n) is 12.0. The minimum Gasteiger partial charge on any atom is -0.494 e. The third kappa shape index (κ3) is 5.49. The van der Waals surface area contributed by atoms with Crippen LogP contribution >= 0.6 is 0 Å². The Kier molecular flexibility index (Phi) is 8.13. The third-order valence-electron chi connectivity index (χ3n) is 6.53. The van der Waals surface area contributed by atoms with Gasteiger partial charge in [0.2, 0.25) is 15.9 Å². The molecular weight excluding hydrogens is 452 g/mol. The van der Waals surface area contributed by atoms with Crippen molar-refractivity contribution in [3.05, 3.63) is 54.1 Å². The molecule has 1 aliphatic heterocycles. The lowest BCUT2D eigenvalue weighted by Crippen LogP contribution is -2.52. The van der Waals surface area contributed by atoms with Crippen LogP contribution in [0.15, 0.2) is 48.5 Å². The molecule has 0 unspecified atom stereocenters. The molecule has 1 heterocycles. The van der Waals surface area contributed by atoms with Crippen molar-refractivity contribution in [2.24, 2.45) is 0 Å². The summed E-state index contributed by atoms with van der Waals surface area (Å²) < 4.78 is 38.7. The molecular formula is C26H36N2O5S. The maximum absolute atomic E-state index is 13.6. The van der Waals surface area contributed by atoms with Crippen molar-refractivity contribution in [1.29, 1.82) is 0 Å². The van der Waals surface area contributed by atoms with E-state index in [2.05, 4.69) is 19.2 Å². The van der Waals surface area contributed by atoms with Gasteiger partial charge in [-0.05, 0) is 56.5 Å². The largest absolute Gasteiger partial charge is 0.494 e. The minimum atomic E-state index is -3.73. The summed E-state index contributed by atoms with van der Waals surface area (Å²) in [5, 5.41) is 3.15. The summed E-state index contributed by atoms with van der Waals surface area (Å²) in [7, 11) is -3.73. The number of para-hydroxylation sites is 1. The average Bonchev–Trinajstić information content (AvgIpc) is 2.82. The highest BCUT2D eigenvalue weighted by Gasteiger charge is 2.40. The predicted molar refractivity (Wildman–Crippen MR) is 135 cm³/mol. The third-order valence-corrected chi connectivity index (χ3v) is 7.71. The first kappa shape index (κ1) is 25.9. The van der Waals surface area contributed by atoms with Crippen LogP contribution in [0.4, 0.5) is 5.69 Å². The molecule has 2 atom stereocenters. The number of ether oxygens (including phenoxy) is 2. The lowest BCUT2D eigenvalue weighted by atomic mass is 9.83. The van der Waals surface area contributed by atoms with Crippen molar-refractivity contribution in [2.75, 3.05) is 17.2 Å². The van der Waals surface area contributed by atoms with E-state index in [4.69, 9.17) is 9.47 Å². The Morgan fingerprint density at radius 1 is 1.12 bits per heavy atom. The van der Waals surface area contributed by atoms with Gasteiger partial charge < -0.3 is 14.8 Å². The van der Waals surface area contributed by atoms with E-state index < -0.39 is 16.1 Å². The van der Waals surface area contributed by atoms with Crippen LogP contribution in [0.3, 0.4) is 0 Å². The van der Waals surface area contributed by atoms with Crippen LogP contribution in [0, 0.1) is 0 Å². The number of hydrogen-bond donors (Lipinski definition) is 1. The molecule has 0 bridgehead atoms. The Morgan fingerprint density at radius 3 is 2.32 bits per heavy atom. The quantitative estimate of drug-likeness (QED) is 0.518. The number of hydrogen-bond acceptors (Lipinski definition) is 5. The van der Waals surface area contributed by atoms with Crippen LogP contribution in [0.2, 0.25) is 0 Å². The Balaban J connectivity index is 1.92. The molecule has 1 N–H and O–H groups in total. The summed E-state index contributed by atoms with van der Waals surface area (Å²) in [6, 6.07) is 13.3. The molecule has 2 aromatic rings. The Bertz CT molecular complexity index is 1080. The molecule has 0 saturated heterocycles. The van der Waals surface area contributed by atoms with E-state index in [0.29, 0.717) is 30.9 Å². The number of anilines is 1. The van der Waals surface area contributed by atoms with Gasteiger partial charge >= 0.3 is 0 Å². The van der Waals surface area contributed by atoms with E-state index in [9.17, 15) is 13.2 Å². The number of carbonyl (C=O) groups excluding carboxylic acids is 1. The zero-order chi connectivity index (χ0) is 24.9. The molecule has 0 aromatic heterocycles. The number of benzene rings is 2. The van der Waals surface area contributed by atoms with Crippen molar-refractivity contribution in [3.8, 4) is 11.5 Å². The lowest BCUT2D eigenvalue weighted by Gasteiger charge is -2.42. The zero-order valence-corrected chi connectivity index (χ0v) is 21.5. The maximum Gasteiger partial charge on any atom is 0.244 e. The van der Waals surface area contributed by atoms with Crippen molar-refractivity contribution >= 4 is 21.6 Å². The highest BCUT2D eigenvalue weighted by atomic mass is 32.2. The molecule has 0 saturated carbocycles. The minimum absolute atomic E-state index is 0.270. The summed E-state index contributed by atoms with van der Waals surface area (Å²) in [5.74, 6) is 1.08. The van der Waals surface area contributed by atoms with Crippen LogP contribution in [0.1, 0.15) is 65.0 Å². The van der Waals surface area contributed by atoms with Gasteiger partial charge in [-0.15, -0.1) is 0 Å². The fourth-order valence-corrected chi connectivity index (χ4v) is 5.83. The van der Waals surface area contributed by atoms with Gasteiger partial charge in [0.05, 0.1) is 24.6 Å². The van der Waals surface area contributed by atoms with Crippen LogP contribution in [-0.2, 0) is 14.8 Å². The standard InChI is InChI=1S/C26H36N2O5S/c1-6-23(28(34(5,30)31)19-14-16-20(17-15-19)32-9-4)25(29)27-22-18-26(7-2,8-3)33-24-13-11-10-12-21(22)24/h10-17,22-23H,6-9,18H2,1-5H3,(H,27,29)/t22-,23-/m1/s1. The van der Waals surface area contributed by atoms with Crippen LogP contribution in [-0.4, -0.2) is 38.8 Å². The summed E-state index contributed by atoms with van der Waals surface area (Å²) in [6.07, 6.45) is 3.69. The highest BCUT2D eigenvalue weighted by molar-refractivity contribution is 7.92. The Morgan fingerprint density at radius 2 is 1.76 bits per heavy atom. The van der Waals surface area contributed by atoms with Gasteiger partial charge in [-0.2, -0.15) is 0 Å². The van der Waals surface area contributed by atoms with E-state index in [-0.39, 0.29) is 17.6 Å². The molecule has 0 spiro atoms. The topological polar surface area (TPSA) is 84.9 Å². The lowest BCUT2D eigenvalue weighted by molar-refractivity contribution is -0.123. The van der Waals surface area contributed by atoms with E-state index in [0.717, 1.165) is 30.4 Å². The normalized spacial score (nSPS) is 17.7. The summed E-state index contributed by atoms with van der Waals surface area (Å²) in [6.45, 7) is 8.38. The first-order valence-corrected chi connectivity index (χ1v) is 13.8. The number of nitrogens with one attached hydrogen (secondary N) is 1. The van der Waals surface area contributed by atoms with Gasteiger partial charge in [-0.3, -0.25) is 9.10 Å². The second-order valence-electron chi connectivity index (χ2n) is 8.71. The van der Waals surface area contributed by atoms with E-state index in [1.54, 1.807) is 24.3 Å². The smallest absolute Gasteiger partial charge is 0.244 e. The summed E-state index contributed by atoms with van der Waals surface area (Å²) in [4.78, 5) is 13.6. The molecule has 0 radical (unpaired) electrons. The van der Waals surface area contributed by atoms with Crippen molar-refractivity contribution in [2.45, 2.75) is 71.1 Å². The monoisotopic (exact) mass is 488 g/mol. The number of sulfonamides is 1. The molecule has 1 amide bonds. The second kappa shape index (κ2) is 10.7. The van der Waals surface area contributed by atoms with Gasteiger partial charge in [0, 0.05) is 12.0 Å². The number of rotatable bonds is 10. The van der Waals surface area contributed by atoms with E-state index in [1.165, 1.54) is 4.31 Å². The Hall–Kier alpha value is -2.74. The molecule has 34 heavy (non-hydrogen) atoms. The van der Waals surface area contributed by atoms with Crippen molar-refractivity contribution in [1.82, 2.24) is 5.32 Å². The van der Waals surface area contributed by atoms with Gasteiger partial charge in [-0.1, -0.05) is 39.0 Å². The summed E-state index contributed by atoms with van der Waals surface area (Å²) in [5.41, 5.74) is 0.964. The van der Waals surface area contributed by atoms with Gasteiger partial charge in [0.25, 0.3) is 0 Å². The van der Waals surface area contributed by atoms with Crippen LogP contribution < -0.4 is 19.1 Å². The number of fused-ring (bicyclic) bond motifs is 1. The fraction of sp³-hybridized carbons (Fsp3) is 0.500.